The highest BCUT2D eigenvalue weighted by molar-refractivity contribution is 8.13. The van der Waals surface area contributed by atoms with Gasteiger partial charge in [0, 0.05) is 19.2 Å². The molecular weight excluding hydrogens is 190 g/mol. The van der Waals surface area contributed by atoms with Crippen molar-refractivity contribution in [2.24, 2.45) is 10.1 Å². The molecule has 3 nitrogen and oxygen atoms in total. The second-order valence-electron chi connectivity index (χ2n) is 2.53. The van der Waals surface area contributed by atoms with E-state index in [1.165, 1.54) is 0 Å². The zero-order valence-electron chi connectivity index (χ0n) is 7.37. The molecule has 1 aliphatic rings. The van der Waals surface area contributed by atoms with E-state index in [4.69, 9.17) is 12.2 Å². The topological polar surface area (TPSA) is 28.0 Å². The normalized spacial score (nSPS) is 18.6. The van der Waals surface area contributed by atoms with Crippen molar-refractivity contribution in [3.8, 4) is 0 Å². The Balaban J connectivity index is 2.93. The van der Waals surface area contributed by atoms with E-state index in [0.29, 0.717) is 11.4 Å². The van der Waals surface area contributed by atoms with Crippen LogP contribution in [-0.4, -0.2) is 34.2 Å². The van der Waals surface area contributed by atoms with E-state index in [9.17, 15) is 0 Å². The second kappa shape index (κ2) is 4.00. The minimum Gasteiger partial charge on any atom is -0.246 e. The van der Waals surface area contributed by atoms with Gasteiger partial charge in [0.1, 0.15) is 4.99 Å². The number of hydrogen-bond donors (Lipinski definition) is 0. The van der Waals surface area contributed by atoms with Crippen LogP contribution < -0.4 is 0 Å². The fourth-order valence-electron chi connectivity index (χ4n) is 0.949. The predicted molar refractivity (Wildman–Crippen MR) is 59.0 cm³/mol. The van der Waals surface area contributed by atoms with E-state index < -0.39 is 0 Å². The largest absolute Gasteiger partial charge is 0.246 e. The number of nitrogens with zero attached hydrogens (tertiary/aromatic N) is 3. The second-order valence-corrected chi connectivity index (χ2v) is 3.77. The first kappa shape index (κ1) is 9.67. The first-order valence-corrected chi connectivity index (χ1v) is 5.20. The fraction of sp³-hybridized carbons (Fsp3) is 0.571. The molecule has 0 aliphatic carbocycles. The molecule has 12 heavy (non-hydrogen) atoms. The lowest BCUT2D eigenvalue weighted by Gasteiger charge is -2.11. The molecule has 1 rings (SSSR count). The van der Waals surface area contributed by atoms with E-state index in [-0.39, 0.29) is 0 Å². The Bertz CT molecular complexity index is 257. The van der Waals surface area contributed by atoms with Crippen molar-refractivity contribution in [1.29, 1.82) is 0 Å². The van der Waals surface area contributed by atoms with E-state index in [2.05, 4.69) is 10.1 Å². The van der Waals surface area contributed by atoms with Crippen molar-refractivity contribution < 1.29 is 0 Å². The lowest BCUT2D eigenvalue weighted by atomic mass is 10.3. The third kappa shape index (κ3) is 2.28. The molecular formula is C7H11N3S2. The van der Waals surface area contributed by atoms with Gasteiger partial charge in [0.15, 0.2) is 5.17 Å². The number of thioether (sulfide) groups is 1. The minimum absolute atomic E-state index is 0.698. The molecule has 0 radical (unpaired) electrons. The molecule has 0 saturated heterocycles. The molecule has 0 spiro atoms. The fourth-order valence-corrected chi connectivity index (χ4v) is 1.81. The molecule has 1 aliphatic heterocycles. The van der Waals surface area contributed by atoms with Gasteiger partial charge in [-0.15, -0.1) is 0 Å². The summed E-state index contributed by atoms with van der Waals surface area (Å²) in [6.45, 7) is 1.96. The maximum Gasteiger partial charge on any atom is 0.184 e. The molecule has 0 N–H and O–H groups in total. The van der Waals surface area contributed by atoms with Crippen LogP contribution in [0, 0.1) is 0 Å². The summed E-state index contributed by atoms with van der Waals surface area (Å²) < 4.78 is 0. The minimum atomic E-state index is 0.698. The monoisotopic (exact) mass is 201 g/mol. The average Bonchev–Trinajstić information content (AvgIpc) is 2.09. The first-order valence-electron chi connectivity index (χ1n) is 3.57. The van der Waals surface area contributed by atoms with Crippen molar-refractivity contribution in [3.63, 3.8) is 0 Å². The van der Waals surface area contributed by atoms with Crippen LogP contribution in [0.25, 0.3) is 0 Å². The zero-order valence-corrected chi connectivity index (χ0v) is 9.00. The molecule has 0 amide bonds. The SMILES string of the molecule is CSC1=NC(=S)CC(C)=NN1C. The molecule has 0 bridgehead atoms. The van der Waals surface area contributed by atoms with Gasteiger partial charge in [0.25, 0.3) is 0 Å². The van der Waals surface area contributed by atoms with E-state index in [0.717, 1.165) is 10.9 Å². The van der Waals surface area contributed by atoms with Crippen LogP contribution in [0.2, 0.25) is 0 Å². The third-order valence-electron chi connectivity index (χ3n) is 1.41. The predicted octanol–water partition coefficient (Wildman–Crippen LogP) is 1.74. The number of amidine groups is 1. The first-order chi connectivity index (χ1) is 5.63. The molecule has 0 aromatic heterocycles. The molecule has 0 aromatic carbocycles. The maximum absolute atomic E-state index is 5.06. The van der Waals surface area contributed by atoms with E-state index in [1.54, 1.807) is 16.8 Å². The number of hydrazone groups is 1. The van der Waals surface area contributed by atoms with Gasteiger partial charge in [0.2, 0.25) is 0 Å². The van der Waals surface area contributed by atoms with Gasteiger partial charge >= 0.3 is 0 Å². The van der Waals surface area contributed by atoms with E-state index in [1.807, 2.05) is 20.2 Å². The van der Waals surface area contributed by atoms with E-state index >= 15 is 0 Å². The molecule has 0 atom stereocenters. The summed E-state index contributed by atoms with van der Waals surface area (Å²) >= 11 is 6.61. The lowest BCUT2D eigenvalue weighted by molar-refractivity contribution is 0.557. The van der Waals surface area contributed by atoms with Crippen LogP contribution in [0.5, 0.6) is 0 Å². The summed E-state index contributed by atoms with van der Waals surface area (Å²) in [4.78, 5) is 4.96. The maximum atomic E-state index is 5.06. The van der Waals surface area contributed by atoms with Gasteiger partial charge in [-0.1, -0.05) is 24.0 Å². The summed E-state index contributed by atoms with van der Waals surface area (Å²) in [5.74, 6) is 0. The number of rotatable bonds is 0. The van der Waals surface area contributed by atoms with Crippen LogP contribution in [0.1, 0.15) is 13.3 Å². The van der Waals surface area contributed by atoms with Gasteiger partial charge in [0.05, 0.1) is 0 Å². The van der Waals surface area contributed by atoms with Gasteiger partial charge in [-0.3, -0.25) is 0 Å². The molecule has 1 heterocycles. The number of aliphatic imine (C=N–C) groups is 1. The summed E-state index contributed by atoms with van der Waals surface area (Å²) in [6, 6.07) is 0. The van der Waals surface area contributed by atoms with Crippen molar-refractivity contribution >= 4 is 39.8 Å². The highest BCUT2D eigenvalue weighted by Crippen LogP contribution is 2.10. The summed E-state index contributed by atoms with van der Waals surface area (Å²) in [5, 5.41) is 6.91. The Morgan fingerprint density at radius 1 is 1.58 bits per heavy atom. The summed E-state index contributed by atoms with van der Waals surface area (Å²) in [6.07, 6.45) is 2.66. The van der Waals surface area contributed by atoms with Crippen molar-refractivity contribution in [2.45, 2.75) is 13.3 Å². The van der Waals surface area contributed by atoms with Crippen LogP contribution >= 0.6 is 24.0 Å². The molecule has 0 unspecified atom stereocenters. The molecule has 5 heteroatoms. The smallest absolute Gasteiger partial charge is 0.184 e. The number of hydrogen-bond acceptors (Lipinski definition) is 4. The quantitative estimate of drug-likeness (QED) is 0.559. The summed E-state index contributed by atoms with van der Waals surface area (Å²) in [5.41, 5.74) is 1.01. The molecule has 0 saturated carbocycles. The Morgan fingerprint density at radius 3 is 2.83 bits per heavy atom. The van der Waals surface area contributed by atoms with Crippen molar-refractivity contribution in [1.82, 2.24) is 5.01 Å². The van der Waals surface area contributed by atoms with Crippen LogP contribution in [0.3, 0.4) is 0 Å². The highest BCUT2D eigenvalue weighted by Gasteiger charge is 2.10. The van der Waals surface area contributed by atoms with Crippen LogP contribution in [0.15, 0.2) is 10.1 Å². The molecule has 0 aromatic rings. The number of thiocarbonyl (C=S) groups is 1. The zero-order chi connectivity index (χ0) is 9.14. The van der Waals surface area contributed by atoms with Gasteiger partial charge in [-0.05, 0) is 13.2 Å². The third-order valence-corrected chi connectivity index (χ3v) is 2.36. The molecule has 0 fully saturated rings. The van der Waals surface area contributed by atoms with Crippen LogP contribution in [0.4, 0.5) is 0 Å². The lowest BCUT2D eigenvalue weighted by Crippen LogP contribution is -2.17. The summed E-state index contributed by atoms with van der Waals surface area (Å²) in [7, 11) is 1.88. The highest BCUT2D eigenvalue weighted by atomic mass is 32.2. The van der Waals surface area contributed by atoms with Crippen molar-refractivity contribution in [2.75, 3.05) is 13.3 Å². The van der Waals surface area contributed by atoms with Gasteiger partial charge in [-0.2, -0.15) is 5.10 Å². The standard InChI is InChI=1S/C7H11N3S2/c1-5-4-6(11)8-7(12-3)10(2)9-5/h4H2,1-3H3. The Hall–Kier alpha value is -0.420. The average molecular weight is 201 g/mol. The van der Waals surface area contributed by atoms with Crippen LogP contribution in [-0.2, 0) is 0 Å². The Morgan fingerprint density at radius 2 is 2.25 bits per heavy atom. The van der Waals surface area contributed by atoms with Crippen molar-refractivity contribution in [3.05, 3.63) is 0 Å². The Kier molecular flexibility index (Phi) is 3.22. The molecule has 66 valence electrons. The Labute approximate surface area is 81.9 Å². The van der Waals surface area contributed by atoms with Gasteiger partial charge in [-0.25, -0.2) is 10.0 Å². The van der Waals surface area contributed by atoms with Gasteiger partial charge < -0.3 is 0 Å².